The quantitative estimate of drug-likeness (QED) is 0.636. The second-order valence-corrected chi connectivity index (χ2v) is 7.85. The minimum atomic E-state index is -0.592. The largest absolute Gasteiger partial charge is 0.494 e. The SMILES string of the molecule is COc1ccc(C(=O)N(C)Cc2nc(-c3ccc(C(C)(C)C)cc3)no2)cc1F. The fourth-order valence-corrected chi connectivity index (χ4v) is 2.85. The molecular weight excluding hydrogens is 373 g/mol. The molecule has 0 fully saturated rings. The number of amides is 1. The molecule has 6 nitrogen and oxygen atoms in total. The van der Waals surface area contributed by atoms with E-state index in [4.69, 9.17) is 9.26 Å². The highest BCUT2D eigenvalue weighted by Crippen LogP contribution is 2.25. The van der Waals surface area contributed by atoms with Gasteiger partial charge >= 0.3 is 0 Å². The molecule has 152 valence electrons. The molecule has 3 aromatic rings. The van der Waals surface area contributed by atoms with Gasteiger partial charge in [-0.2, -0.15) is 4.98 Å². The van der Waals surface area contributed by atoms with E-state index in [1.54, 1.807) is 7.05 Å². The number of ether oxygens (including phenoxy) is 1. The van der Waals surface area contributed by atoms with E-state index in [0.717, 1.165) is 11.6 Å². The van der Waals surface area contributed by atoms with Crippen molar-refractivity contribution in [3.05, 3.63) is 65.3 Å². The summed E-state index contributed by atoms with van der Waals surface area (Å²) in [5, 5.41) is 4.00. The van der Waals surface area contributed by atoms with E-state index >= 15 is 0 Å². The fourth-order valence-electron chi connectivity index (χ4n) is 2.85. The molecule has 0 atom stereocenters. The minimum absolute atomic E-state index is 0.0605. The predicted octanol–water partition coefficient (Wildman–Crippen LogP) is 4.45. The molecular formula is C22H24FN3O3. The van der Waals surface area contributed by atoms with Gasteiger partial charge in [-0.05, 0) is 29.2 Å². The van der Waals surface area contributed by atoms with E-state index in [9.17, 15) is 9.18 Å². The number of nitrogens with zero attached hydrogens (tertiary/aromatic N) is 3. The summed E-state index contributed by atoms with van der Waals surface area (Å²) in [5.74, 6) is -0.115. The molecule has 0 bridgehead atoms. The predicted molar refractivity (Wildman–Crippen MR) is 107 cm³/mol. The van der Waals surface area contributed by atoms with Crippen molar-refractivity contribution in [3.8, 4) is 17.1 Å². The van der Waals surface area contributed by atoms with Gasteiger partial charge in [0.2, 0.25) is 11.7 Å². The Morgan fingerprint density at radius 3 is 2.45 bits per heavy atom. The molecule has 0 unspecified atom stereocenters. The van der Waals surface area contributed by atoms with Crippen LogP contribution >= 0.6 is 0 Å². The van der Waals surface area contributed by atoms with Crippen molar-refractivity contribution in [2.24, 2.45) is 0 Å². The summed E-state index contributed by atoms with van der Waals surface area (Å²) in [5.41, 5.74) is 2.31. The maximum Gasteiger partial charge on any atom is 0.254 e. The fraction of sp³-hybridized carbons (Fsp3) is 0.318. The number of hydrogen-bond acceptors (Lipinski definition) is 5. The van der Waals surface area contributed by atoms with E-state index in [1.165, 1.54) is 29.7 Å². The monoisotopic (exact) mass is 397 g/mol. The van der Waals surface area contributed by atoms with Crippen LogP contribution in [0.15, 0.2) is 47.0 Å². The van der Waals surface area contributed by atoms with E-state index in [2.05, 4.69) is 30.9 Å². The van der Waals surface area contributed by atoms with Crippen LogP contribution < -0.4 is 4.74 Å². The average molecular weight is 397 g/mol. The smallest absolute Gasteiger partial charge is 0.254 e. The van der Waals surface area contributed by atoms with E-state index < -0.39 is 5.82 Å². The highest BCUT2D eigenvalue weighted by Gasteiger charge is 2.18. The first-order valence-electron chi connectivity index (χ1n) is 9.21. The summed E-state index contributed by atoms with van der Waals surface area (Å²) >= 11 is 0. The van der Waals surface area contributed by atoms with Gasteiger partial charge in [-0.15, -0.1) is 0 Å². The Labute approximate surface area is 169 Å². The van der Waals surface area contributed by atoms with Crippen molar-refractivity contribution >= 4 is 5.91 Å². The summed E-state index contributed by atoms with van der Waals surface area (Å²) in [4.78, 5) is 18.3. The normalized spacial score (nSPS) is 11.4. The third kappa shape index (κ3) is 4.62. The molecule has 0 spiro atoms. The van der Waals surface area contributed by atoms with Crippen LogP contribution in [0.3, 0.4) is 0 Å². The van der Waals surface area contributed by atoms with Gasteiger partial charge in [-0.3, -0.25) is 4.79 Å². The molecule has 2 aromatic carbocycles. The van der Waals surface area contributed by atoms with Gasteiger partial charge < -0.3 is 14.2 Å². The number of hydrogen-bond donors (Lipinski definition) is 0. The van der Waals surface area contributed by atoms with Gasteiger partial charge in [-0.1, -0.05) is 50.2 Å². The van der Waals surface area contributed by atoms with Crippen LogP contribution in [0, 0.1) is 5.82 Å². The Balaban J connectivity index is 1.71. The van der Waals surface area contributed by atoms with Gasteiger partial charge in [0, 0.05) is 18.2 Å². The zero-order valence-corrected chi connectivity index (χ0v) is 17.2. The number of benzene rings is 2. The molecule has 0 saturated heterocycles. The number of methoxy groups -OCH3 is 1. The van der Waals surface area contributed by atoms with Crippen molar-refractivity contribution in [1.82, 2.24) is 15.0 Å². The van der Waals surface area contributed by atoms with Crippen molar-refractivity contribution in [2.75, 3.05) is 14.2 Å². The van der Waals surface area contributed by atoms with E-state index in [1.807, 2.05) is 24.3 Å². The lowest BCUT2D eigenvalue weighted by Crippen LogP contribution is -2.26. The second kappa shape index (κ2) is 8.03. The molecule has 3 rings (SSSR count). The molecule has 0 saturated carbocycles. The maximum absolute atomic E-state index is 13.9. The number of carbonyl (C=O) groups is 1. The molecule has 1 aromatic heterocycles. The topological polar surface area (TPSA) is 68.5 Å². The molecule has 0 aliphatic rings. The maximum atomic E-state index is 13.9. The third-order valence-electron chi connectivity index (χ3n) is 4.60. The molecule has 29 heavy (non-hydrogen) atoms. The first kappa shape index (κ1) is 20.5. The van der Waals surface area contributed by atoms with Crippen LogP contribution in [-0.2, 0) is 12.0 Å². The van der Waals surface area contributed by atoms with Gasteiger partial charge in [0.25, 0.3) is 5.91 Å². The standard InChI is InChI=1S/C22H24FN3O3/c1-22(2,3)16-9-6-14(7-10-16)20-24-19(29-25-20)13-26(4)21(27)15-8-11-18(28-5)17(23)12-15/h6-12H,13H2,1-5H3. The van der Waals surface area contributed by atoms with Crippen LogP contribution in [0.2, 0.25) is 0 Å². The highest BCUT2D eigenvalue weighted by molar-refractivity contribution is 5.94. The van der Waals surface area contributed by atoms with Crippen LogP contribution in [0.1, 0.15) is 42.6 Å². The summed E-state index contributed by atoms with van der Waals surface area (Å²) in [6, 6.07) is 12.1. The highest BCUT2D eigenvalue weighted by atomic mass is 19.1. The van der Waals surface area contributed by atoms with Gasteiger partial charge in [0.05, 0.1) is 13.7 Å². The lowest BCUT2D eigenvalue weighted by atomic mass is 9.87. The molecule has 0 radical (unpaired) electrons. The average Bonchev–Trinajstić information content (AvgIpc) is 3.15. The zero-order chi connectivity index (χ0) is 21.2. The Kier molecular flexibility index (Phi) is 5.68. The van der Waals surface area contributed by atoms with Crippen molar-refractivity contribution in [2.45, 2.75) is 32.7 Å². The van der Waals surface area contributed by atoms with Gasteiger partial charge in [0.1, 0.15) is 0 Å². The molecule has 0 aliphatic heterocycles. The third-order valence-corrected chi connectivity index (χ3v) is 4.60. The van der Waals surface area contributed by atoms with Crippen molar-refractivity contribution < 1.29 is 18.4 Å². The van der Waals surface area contributed by atoms with Crippen molar-refractivity contribution in [1.29, 1.82) is 0 Å². The van der Waals surface area contributed by atoms with Crippen molar-refractivity contribution in [3.63, 3.8) is 0 Å². The summed E-state index contributed by atoms with van der Waals surface area (Å²) in [6.07, 6.45) is 0. The number of rotatable bonds is 5. The Bertz CT molecular complexity index is 1010. The lowest BCUT2D eigenvalue weighted by Gasteiger charge is -2.18. The zero-order valence-electron chi connectivity index (χ0n) is 17.2. The van der Waals surface area contributed by atoms with Crippen LogP contribution in [0.5, 0.6) is 5.75 Å². The lowest BCUT2D eigenvalue weighted by molar-refractivity contribution is 0.0769. The Hall–Kier alpha value is -3.22. The first-order valence-corrected chi connectivity index (χ1v) is 9.21. The van der Waals surface area contributed by atoms with E-state index in [-0.39, 0.29) is 29.2 Å². The number of carbonyl (C=O) groups excluding carboxylic acids is 1. The summed E-state index contributed by atoms with van der Waals surface area (Å²) < 4.78 is 24.0. The van der Waals surface area contributed by atoms with Crippen LogP contribution in [0.25, 0.3) is 11.4 Å². The van der Waals surface area contributed by atoms with Gasteiger partial charge in [0.15, 0.2) is 11.6 Å². The van der Waals surface area contributed by atoms with Crippen LogP contribution in [-0.4, -0.2) is 35.1 Å². The number of aromatic nitrogens is 2. The first-order chi connectivity index (χ1) is 13.7. The second-order valence-electron chi connectivity index (χ2n) is 7.85. The van der Waals surface area contributed by atoms with Gasteiger partial charge in [-0.25, -0.2) is 4.39 Å². The molecule has 0 N–H and O–H groups in total. The molecule has 1 amide bonds. The van der Waals surface area contributed by atoms with Crippen LogP contribution in [0.4, 0.5) is 4.39 Å². The summed E-state index contributed by atoms with van der Waals surface area (Å²) in [7, 11) is 2.96. The minimum Gasteiger partial charge on any atom is -0.494 e. The molecule has 7 heteroatoms. The summed E-state index contributed by atoms with van der Waals surface area (Å²) in [6.45, 7) is 6.56. The molecule has 0 aliphatic carbocycles. The Morgan fingerprint density at radius 2 is 1.86 bits per heavy atom. The Morgan fingerprint density at radius 1 is 1.17 bits per heavy atom. The van der Waals surface area contributed by atoms with E-state index in [0.29, 0.717) is 11.7 Å². The number of halogens is 1. The molecule has 1 heterocycles.